The van der Waals surface area contributed by atoms with E-state index in [2.05, 4.69) is 17.4 Å². The summed E-state index contributed by atoms with van der Waals surface area (Å²) in [6.45, 7) is 2.24. The Morgan fingerprint density at radius 3 is 2.38 bits per heavy atom. The number of carbonyl (C=O) groups excluding carboxylic acids is 1. The topological polar surface area (TPSA) is 75.7 Å². The van der Waals surface area contributed by atoms with Gasteiger partial charge in [-0.15, -0.1) is 0 Å². The van der Waals surface area contributed by atoms with Crippen LogP contribution in [0.25, 0.3) is 0 Å². The summed E-state index contributed by atoms with van der Waals surface area (Å²) < 4.78 is 31.6. The van der Waals surface area contributed by atoms with E-state index >= 15 is 0 Å². The van der Waals surface area contributed by atoms with Gasteiger partial charge in [-0.3, -0.25) is 4.79 Å². The predicted octanol–water partition coefficient (Wildman–Crippen LogP) is 2.51. The van der Waals surface area contributed by atoms with Crippen molar-refractivity contribution in [2.24, 2.45) is 0 Å². The molecule has 1 amide bonds. The van der Waals surface area contributed by atoms with E-state index in [9.17, 15) is 13.2 Å². The van der Waals surface area contributed by atoms with Gasteiger partial charge in [-0.2, -0.15) is 16.1 Å². The maximum Gasteiger partial charge on any atom is 0.251 e. The van der Waals surface area contributed by atoms with E-state index in [0.29, 0.717) is 44.0 Å². The first-order chi connectivity index (χ1) is 14.0. The van der Waals surface area contributed by atoms with Crippen molar-refractivity contribution in [3.8, 4) is 0 Å². The molecule has 1 aliphatic heterocycles. The molecule has 0 spiro atoms. The largest absolute Gasteiger partial charge is 0.379 e. The molecule has 1 fully saturated rings. The molecule has 1 aliphatic rings. The van der Waals surface area contributed by atoms with E-state index in [-0.39, 0.29) is 11.7 Å². The van der Waals surface area contributed by atoms with Crippen LogP contribution < -0.4 is 5.32 Å². The summed E-state index contributed by atoms with van der Waals surface area (Å²) in [7, 11) is -3.36. The zero-order valence-corrected chi connectivity index (χ0v) is 17.9. The summed E-state index contributed by atoms with van der Waals surface area (Å²) in [4.78, 5) is 12.3. The number of sulfonamides is 1. The van der Waals surface area contributed by atoms with Crippen LogP contribution in [-0.4, -0.2) is 57.2 Å². The minimum atomic E-state index is -3.36. The van der Waals surface area contributed by atoms with Gasteiger partial charge in [0.1, 0.15) is 0 Å². The molecule has 8 heteroatoms. The Kier molecular flexibility index (Phi) is 8.11. The SMILES string of the molecule is O=C(NCCSCc1ccccc1)c1ccc(CS(=O)(=O)N2CCOCC2)cc1. The number of hydrogen-bond acceptors (Lipinski definition) is 5. The molecule has 0 bridgehead atoms. The van der Waals surface area contributed by atoms with Crippen LogP contribution in [0.3, 0.4) is 0 Å². The van der Waals surface area contributed by atoms with Gasteiger partial charge in [0.25, 0.3) is 5.91 Å². The number of amides is 1. The Labute approximate surface area is 176 Å². The Morgan fingerprint density at radius 1 is 1.00 bits per heavy atom. The van der Waals surface area contributed by atoms with Gasteiger partial charge in [-0.25, -0.2) is 8.42 Å². The highest BCUT2D eigenvalue weighted by molar-refractivity contribution is 7.98. The van der Waals surface area contributed by atoms with E-state index < -0.39 is 10.0 Å². The number of hydrogen-bond donors (Lipinski definition) is 1. The molecule has 2 aromatic rings. The first-order valence-electron chi connectivity index (χ1n) is 9.59. The minimum Gasteiger partial charge on any atom is -0.379 e. The van der Waals surface area contributed by atoms with Crippen molar-refractivity contribution in [2.75, 3.05) is 38.6 Å². The summed E-state index contributed by atoms with van der Waals surface area (Å²) in [6.07, 6.45) is 0. The monoisotopic (exact) mass is 434 g/mol. The predicted molar refractivity (Wildman–Crippen MR) is 116 cm³/mol. The van der Waals surface area contributed by atoms with Crippen LogP contribution in [-0.2, 0) is 26.3 Å². The molecule has 29 heavy (non-hydrogen) atoms. The van der Waals surface area contributed by atoms with Crippen molar-refractivity contribution in [2.45, 2.75) is 11.5 Å². The van der Waals surface area contributed by atoms with Crippen LogP contribution >= 0.6 is 11.8 Å². The van der Waals surface area contributed by atoms with Gasteiger partial charge < -0.3 is 10.1 Å². The lowest BCUT2D eigenvalue weighted by Crippen LogP contribution is -2.41. The second-order valence-electron chi connectivity index (χ2n) is 6.76. The van der Waals surface area contributed by atoms with Crippen molar-refractivity contribution >= 4 is 27.7 Å². The Hall–Kier alpha value is -1.87. The summed E-state index contributed by atoms with van der Waals surface area (Å²) in [6, 6.07) is 17.0. The number of ether oxygens (including phenoxy) is 1. The number of nitrogens with zero attached hydrogens (tertiary/aromatic N) is 1. The molecule has 0 radical (unpaired) electrons. The van der Waals surface area contributed by atoms with Gasteiger partial charge in [0.05, 0.1) is 19.0 Å². The van der Waals surface area contributed by atoms with Crippen LogP contribution in [0.5, 0.6) is 0 Å². The van der Waals surface area contributed by atoms with E-state index in [0.717, 1.165) is 11.5 Å². The van der Waals surface area contributed by atoms with E-state index in [1.807, 2.05) is 18.2 Å². The van der Waals surface area contributed by atoms with Crippen molar-refractivity contribution < 1.29 is 17.9 Å². The Morgan fingerprint density at radius 2 is 1.69 bits per heavy atom. The first-order valence-corrected chi connectivity index (χ1v) is 12.4. The second kappa shape index (κ2) is 10.8. The number of morpholine rings is 1. The van der Waals surface area contributed by atoms with Crippen LogP contribution in [0, 0.1) is 0 Å². The fourth-order valence-corrected chi connectivity index (χ4v) is 5.30. The number of benzene rings is 2. The molecule has 1 saturated heterocycles. The number of nitrogens with one attached hydrogen (secondary N) is 1. The van der Waals surface area contributed by atoms with Crippen molar-refractivity contribution in [3.63, 3.8) is 0 Å². The van der Waals surface area contributed by atoms with Gasteiger partial charge in [0.15, 0.2) is 0 Å². The molecule has 3 rings (SSSR count). The van der Waals surface area contributed by atoms with E-state index in [4.69, 9.17) is 4.74 Å². The number of rotatable bonds is 9. The highest BCUT2D eigenvalue weighted by atomic mass is 32.2. The molecule has 0 atom stereocenters. The third-order valence-electron chi connectivity index (χ3n) is 4.57. The minimum absolute atomic E-state index is 0.0645. The van der Waals surface area contributed by atoms with Gasteiger partial charge in [0, 0.05) is 36.7 Å². The first kappa shape index (κ1) is 21.8. The standard InChI is InChI=1S/C21H26N2O4S2/c24-21(22-10-15-28-16-18-4-2-1-3-5-18)20-8-6-19(7-9-20)17-29(25,26)23-11-13-27-14-12-23/h1-9H,10-17H2,(H,22,24). The van der Waals surface area contributed by atoms with Crippen LogP contribution in [0.1, 0.15) is 21.5 Å². The van der Waals surface area contributed by atoms with Gasteiger partial charge in [-0.1, -0.05) is 42.5 Å². The lowest BCUT2D eigenvalue weighted by molar-refractivity contribution is 0.0729. The molecular weight excluding hydrogens is 408 g/mol. The third kappa shape index (κ3) is 6.85. The molecule has 156 valence electrons. The fraction of sp³-hybridized carbons (Fsp3) is 0.381. The molecule has 0 aromatic heterocycles. The Bertz CT molecular complexity index is 881. The maximum absolute atomic E-state index is 12.5. The van der Waals surface area contributed by atoms with Crippen LogP contribution in [0.15, 0.2) is 54.6 Å². The normalized spacial score (nSPS) is 15.2. The smallest absolute Gasteiger partial charge is 0.251 e. The number of thioether (sulfide) groups is 1. The fourth-order valence-electron chi connectivity index (χ4n) is 2.98. The Balaban J connectivity index is 1.42. The van der Waals surface area contributed by atoms with Gasteiger partial charge >= 0.3 is 0 Å². The van der Waals surface area contributed by atoms with Crippen molar-refractivity contribution in [3.05, 3.63) is 71.3 Å². The second-order valence-corrected chi connectivity index (χ2v) is 9.83. The average molecular weight is 435 g/mol. The summed E-state index contributed by atoms with van der Waals surface area (Å²) >= 11 is 1.77. The van der Waals surface area contributed by atoms with E-state index in [1.54, 1.807) is 36.0 Å². The maximum atomic E-state index is 12.5. The van der Waals surface area contributed by atoms with Crippen molar-refractivity contribution in [1.82, 2.24) is 9.62 Å². The van der Waals surface area contributed by atoms with Crippen molar-refractivity contribution in [1.29, 1.82) is 0 Å². The van der Waals surface area contributed by atoms with Crippen LogP contribution in [0.4, 0.5) is 0 Å². The van der Waals surface area contributed by atoms with Gasteiger partial charge in [-0.05, 0) is 23.3 Å². The number of carbonyl (C=O) groups is 1. The lowest BCUT2D eigenvalue weighted by Gasteiger charge is -2.26. The summed E-state index contributed by atoms with van der Waals surface area (Å²) in [5.74, 6) is 1.54. The molecule has 1 N–H and O–H groups in total. The quantitative estimate of drug-likeness (QED) is 0.614. The lowest BCUT2D eigenvalue weighted by atomic mass is 10.1. The molecule has 0 saturated carbocycles. The molecule has 2 aromatic carbocycles. The summed E-state index contributed by atoms with van der Waals surface area (Å²) in [5, 5.41) is 2.90. The third-order valence-corrected chi connectivity index (χ3v) is 7.45. The molecule has 0 aliphatic carbocycles. The average Bonchev–Trinajstić information content (AvgIpc) is 2.75. The highest BCUT2D eigenvalue weighted by Crippen LogP contribution is 2.14. The molecule has 1 heterocycles. The zero-order chi connectivity index (χ0) is 20.5. The van der Waals surface area contributed by atoms with E-state index in [1.165, 1.54) is 9.87 Å². The molecular formula is C21H26N2O4S2. The molecule has 0 unspecified atom stereocenters. The highest BCUT2D eigenvalue weighted by Gasteiger charge is 2.24. The molecule has 6 nitrogen and oxygen atoms in total. The van der Waals surface area contributed by atoms with Crippen LogP contribution in [0.2, 0.25) is 0 Å². The van der Waals surface area contributed by atoms with Gasteiger partial charge in [0.2, 0.25) is 10.0 Å². The zero-order valence-electron chi connectivity index (χ0n) is 16.2. The summed E-state index contributed by atoms with van der Waals surface area (Å²) in [5.41, 5.74) is 2.48.